The molecule has 0 aromatic heterocycles. The maximum absolute atomic E-state index is 6.16. The van der Waals surface area contributed by atoms with Crippen LogP contribution < -0.4 is 0 Å². The van der Waals surface area contributed by atoms with Crippen LogP contribution in [0.1, 0.15) is 63.2 Å². The van der Waals surface area contributed by atoms with Crippen LogP contribution in [-0.4, -0.2) is 49.8 Å². The lowest BCUT2D eigenvalue weighted by Crippen LogP contribution is -2.47. The summed E-state index contributed by atoms with van der Waals surface area (Å²) >= 11 is 0. The van der Waals surface area contributed by atoms with Gasteiger partial charge in [0.05, 0.1) is 37.6 Å². The van der Waals surface area contributed by atoms with Crippen LogP contribution in [0.3, 0.4) is 0 Å². The first kappa shape index (κ1) is 19.0. The molecule has 0 aliphatic carbocycles. The molecule has 8 atom stereocenters. The van der Waals surface area contributed by atoms with Gasteiger partial charge in [0.25, 0.3) is 0 Å². The average molecular weight is 390 g/mol. The van der Waals surface area contributed by atoms with Crippen molar-refractivity contribution in [1.82, 2.24) is 0 Å². The van der Waals surface area contributed by atoms with Crippen molar-refractivity contribution in [3.63, 3.8) is 0 Å². The number of ether oxygens (including phenoxy) is 6. The number of fused-ring (bicyclic) bond motifs is 2. The van der Waals surface area contributed by atoms with Crippen LogP contribution in [0.4, 0.5) is 0 Å². The van der Waals surface area contributed by atoms with Crippen LogP contribution in [-0.2, 0) is 28.4 Å². The Morgan fingerprint density at radius 1 is 0.571 bits per heavy atom. The summed E-state index contributed by atoms with van der Waals surface area (Å²) in [5.41, 5.74) is 2.04. The maximum Gasteiger partial charge on any atom is 0.184 e. The number of benzene rings is 1. The number of hydrogen-bond donors (Lipinski definition) is 0. The molecule has 0 spiro atoms. The van der Waals surface area contributed by atoms with E-state index in [0.717, 1.165) is 36.8 Å². The fourth-order valence-electron chi connectivity index (χ4n) is 4.60. The van der Waals surface area contributed by atoms with Gasteiger partial charge in [0.2, 0.25) is 0 Å². The fourth-order valence-corrected chi connectivity index (χ4v) is 4.60. The molecular formula is C22H30O6. The Morgan fingerprint density at radius 2 is 1.00 bits per heavy atom. The second-order valence-electron chi connectivity index (χ2n) is 8.47. The summed E-state index contributed by atoms with van der Waals surface area (Å²) in [6, 6.07) is 8.19. The first-order valence-electron chi connectivity index (χ1n) is 10.6. The lowest BCUT2D eigenvalue weighted by molar-refractivity contribution is -0.287. The average Bonchev–Trinajstić information content (AvgIpc) is 2.73. The molecule has 0 N–H and O–H groups in total. The minimum Gasteiger partial charge on any atom is -0.370 e. The van der Waals surface area contributed by atoms with E-state index in [9.17, 15) is 0 Å². The van der Waals surface area contributed by atoms with Gasteiger partial charge >= 0.3 is 0 Å². The van der Waals surface area contributed by atoms with Gasteiger partial charge < -0.3 is 28.4 Å². The molecule has 4 aliphatic rings. The zero-order chi connectivity index (χ0) is 19.1. The summed E-state index contributed by atoms with van der Waals surface area (Å²) in [4.78, 5) is 0. The normalized spacial score (nSPS) is 43.8. The van der Waals surface area contributed by atoms with E-state index in [-0.39, 0.29) is 49.2 Å². The fraction of sp³-hybridized carbons (Fsp3) is 0.727. The Kier molecular flexibility index (Phi) is 5.43. The molecule has 0 bridgehead atoms. The highest BCUT2D eigenvalue weighted by Gasteiger charge is 2.39. The Bertz CT molecular complexity index is 606. The predicted octanol–water partition coefficient (Wildman–Crippen LogP) is 3.65. The molecule has 4 heterocycles. The Balaban J connectivity index is 1.21. The van der Waals surface area contributed by atoms with Gasteiger partial charge in [-0.25, -0.2) is 0 Å². The van der Waals surface area contributed by atoms with Gasteiger partial charge in [-0.2, -0.15) is 0 Å². The summed E-state index contributed by atoms with van der Waals surface area (Å²) in [6.45, 7) is 5.38. The Morgan fingerprint density at radius 3 is 1.43 bits per heavy atom. The van der Waals surface area contributed by atoms with Crippen molar-refractivity contribution in [2.45, 2.75) is 88.7 Å². The molecule has 6 nitrogen and oxygen atoms in total. The third-order valence-corrected chi connectivity index (χ3v) is 6.26. The van der Waals surface area contributed by atoms with E-state index in [1.165, 1.54) is 0 Å². The van der Waals surface area contributed by atoms with Crippen molar-refractivity contribution >= 4 is 0 Å². The Labute approximate surface area is 166 Å². The first-order valence-corrected chi connectivity index (χ1v) is 10.6. The third-order valence-electron chi connectivity index (χ3n) is 6.26. The molecule has 0 saturated carbocycles. The zero-order valence-electron chi connectivity index (χ0n) is 16.6. The molecule has 1 aromatic carbocycles. The van der Waals surface area contributed by atoms with Gasteiger partial charge in [0.1, 0.15) is 12.2 Å². The van der Waals surface area contributed by atoms with Crippen LogP contribution in [0, 0.1) is 0 Å². The van der Waals surface area contributed by atoms with Crippen LogP contribution in [0.15, 0.2) is 24.3 Å². The summed E-state index contributed by atoms with van der Waals surface area (Å²) in [5, 5.41) is 0. The van der Waals surface area contributed by atoms with Crippen LogP contribution in [0.5, 0.6) is 0 Å². The molecule has 8 unspecified atom stereocenters. The molecule has 4 fully saturated rings. The van der Waals surface area contributed by atoms with E-state index >= 15 is 0 Å². The van der Waals surface area contributed by atoms with Gasteiger partial charge in [-0.05, 0) is 39.5 Å². The van der Waals surface area contributed by atoms with Crippen molar-refractivity contribution in [3.05, 3.63) is 35.4 Å². The standard InChI is InChI=1S/C22H30O6/c1-13-3-9-17-19(25-13)11-23-21(27-17)15-5-7-16(8-6-15)22-24-12-20-18(28-22)10-4-14(2)26-20/h5-8,13-14,17-22H,3-4,9-12H2,1-2H3. The number of hydrogen-bond acceptors (Lipinski definition) is 6. The highest BCUT2D eigenvalue weighted by atomic mass is 16.7. The predicted molar refractivity (Wildman–Crippen MR) is 101 cm³/mol. The SMILES string of the molecule is CC1CCC2OC(c3ccc(C4OCC5OC(C)CCC5O4)cc3)OCC2O1. The summed E-state index contributed by atoms with van der Waals surface area (Å²) in [5.74, 6) is 0. The molecule has 0 amide bonds. The van der Waals surface area contributed by atoms with E-state index in [0.29, 0.717) is 13.2 Å². The van der Waals surface area contributed by atoms with E-state index in [1.54, 1.807) is 0 Å². The van der Waals surface area contributed by atoms with Gasteiger partial charge in [-0.15, -0.1) is 0 Å². The molecule has 4 aliphatic heterocycles. The smallest absolute Gasteiger partial charge is 0.184 e. The van der Waals surface area contributed by atoms with Crippen molar-refractivity contribution in [3.8, 4) is 0 Å². The summed E-state index contributed by atoms with van der Waals surface area (Å²) < 4.78 is 36.0. The molecule has 154 valence electrons. The van der Waals surface area contributed by atoms with Crippen molar-refractivity contribution in [1.29, 1.82) is 0 Å². The van der Waals surface area contributed by atoms with Crippen molar-refractivity contribution in [2.75, 3.05) is 13.2 Å². The molecule has 5 rings (SSSR count). The second kappa shape index (κ2) is 8.01. The highest BCUT2D eigenvalue weighted by molar-refractivity contribution is 5.25. The van der Waals surface area contributed by atoms with Gasteiger partial charge in [-0.1, -0.05) is 24.3 Å². The second-order valence-corrected chi connectivity index (χ2v) is 8.47. The van der Waals surface area contributed by atoms with Crippen LogP contribution >= 0.6 is 0 Å². The highest BCUT2D eigenvalue weighted by Crippen LogP contribution is 2.36. The van der Waals surface area contributed by atoms with Crippen LogP contribution in [0.25, 0.3) is 0 Å². The topological polar surface area (TPSA) is 55.4 Å². The lowest BCUT2D eigenvalue weighted by Gasteiger charge is -2.42. The summed E-state index contributed by atoms with van der Waals surface area (Å²) in [6.07, 6.45) is 4.37. The molecular weight excluding hydrogens is 360 g/mol. The van der Waals surface area contributed by atoms with Crippen molar-refractivity contribution < 1.29 is 28.4 Å². The quantitative estimate of drug-likeness (QED) is 0.768. The largest absolute Gasteiger partial charge is 0.370 e. The number of rotatable bonds is 2. The molecule has 0 radical (unpaired) electrons. The molecule has 6 heteroatoms. The monoisotopic (exact) mass is 390 g/mol. The zero-order valence-corrected chi connectivity index (χ0v) is 16.6. The first-order chi connectivity index (χ1) is 13.7. The minimum atomic E-state index is -0.335. The lowest BCUT2D eigenvalue weighted by atomic mass is 10.00. The van der Waals surface area contributed by atoms with E-state index in [2.05, 4.69) is 13.8 Å². The van der Waals surface area contributed by atoms with E-state index in [4.69, 9.17) is 28.4 Å². The van der Waals surface area contributed by atoms with E-state index in [1.807, 2.05) is 24.3 Å². The van der Waals surface area contributed by atoms with E-state index < -0.39 is 0 Å². The van der Waals surface area contributed by atoms with Gasteiger partial charge in [-0.3, -0.25) is 0 Å². The Hall–Kier alpha value is -1.02. The van der Waals surface area contributed by atoms with Crippen molar-refractivity contribution in [2.24, 2.45) is 0 Å². The molecule has 1 aromatic rings. The van der Waals surface area contributed by atoms with Gasteiger partial charge in [0, 0.05) is 11.1 Å². The molecule has 28 heavy (non-hydrogen) atoms. The summed E-state index contributed by atoms with van der Waals surface area (Å²) in [7, 11) is 0. The maximum atomic E-state index is 6.16. The van der Waals surface area contributed by atoms with Gasteiger partial charge in [0.15, 0.2) is 12.6 Å². The molecule has 4 saturated heterocycles. The third kappa shape index (κ3) is 3.86. The van der Waals surface area contributed by atoms with Crippen LogP contribution in [0.2, 0.25) is 0 Å². The minimum absolute atomic E-state index is 0.0525.